The summed E-state index contributed by atoms with van der Waals surface area (Å²) in [5.74, 6) is -0.570. The topological polar surface area (TPSA) is 72.5 Å². The van der Waals surface area contributed by atoms with Gasteiger partial charge in [-0.2, -0.15) is 10.5 Å². The van der Waals surface area contributed by atoms with Crippen molar-refractivity contribution in [2.24, 2.45) is 0 Å². The van der Waals surface area contributed by atoms with Gasteiger partial charge in [-0.1, -0.05) is 12.1 Å². The van der Waals surface area contributed by atoms with Crippen molar-refractivity contribution in [3.8, 4) is 12.1 Å². The summed E-state index contributed by atoms with van der Waals surface area (Å²) in [6, 6.07) is 11.6. The molecule has 92 valence electrons. The first kappa shape index (κ1) is 12.5. The largest absolute Gasteiger partial charge is 0.380 e. The number of pyridine rings is 1. The number of hydrogen-bond acceptors (Lipinski definition) is 4. The van der Waals surface area contributed by atoms with Crippen molar-refractivity contribution in [2.45, 2.75) is 6.54 Å². The fourth-order valence-corrected chi connectivity index (χ4v) is 1.66. The Labute approximate surface area is 109 Å². The third-order valence-corrected chi connectivity index (χ3v) is 2.59. The minimum atomic E-state index is -0.570. The lowest BCUT2D eigenvalue weighted by Crippen LogP contribution is -2.05. The van der Waals surface area contributed by atoms with Crippen LogP contribution in [0.5, 0.6) is 0 Å². The van der Waals surface area contributed by atoms with Crippen LogP contribution in [0.2, 0.25) is 0 Å². The number of hydrogen-bond donors (Lipinski definition) is 1. The molecule has 1 heterocycles. The second kappa shape index (κ2) is 5.61. The number of nitrogens with zero attached hydrogens (tertiary/aromatic N) is 3. The van der Waals surface area contributed by atoms with E-state index in [2.05, 4.69) is 10.3 Å². The highest BCUT2D eigenvalue weighted by atomic mass is 19.1. The third-order valence-electron chi connectivity index (χ3n) is 2.59. The standard InChI is InChI=1S/C14H9FN4/c15-12-4-1-5-13(11(12)7-16)19-9-10-3-2-6-18-14(10)8-17/h1-6,19H,9H2. The van der Waals surface area contributed by atoms with Gasteiger partial charge in [0.25, 0.3) is 0 Å². The van der Waals surface area contributed by atoms with E-state index in [-0.39, 0.29) is 5.56 Å². The first-order chi connectivity index (χ1) is 9.26. The van der Waals surface area contributed by atoms with E-state index in [1.807, 2.05) is 12.1 Å². The van der Waals surface area contributed by atoms with E-state index in [4.69, 9.17) is 10.5 Å². The number of benzene rings is 1. The quantitative estimate of drug-likeness (QED) is 0.911. The zero-order valence-corrected chi connectivity index (χ0v) is 9.89. The van der Waals surface area contributed by atoms with Gasteiger partial charge in [-0.3, -0.25) is 0 Å². The Kier molecular flexibility index (Phi) is 3.70. The molecule has 0 spiro atoms. The second-order valence-electron chi connectivity index (χ2n) is 3.75. The molecule has 5 heteroatoms. The molecule has 0 saturated carbocycles. The lowest BCUT2D eigenvalue weighted by atomic mass is 10.1. The van der Waals surface area contributed by atoms with Crippen molar-refractivity contribution in [2.75, 3.05) is 5.32 Å². The first-order valence-corrected chi connectivity index (χ1v) is 5.52. The molecular formula is C14H9FN4. The molecule has 0 aliphatic heterocycles. The minimum absolute atomic E-state index is 0.0371. The van der Waals surface area contributed by atoms with Gasteiger partial charge in [0.05, 0.1) is 5.69 Å². The van der Waals surface area contributed by atoms with Crippen LogP contribution in [0.25, 0.3) is 0 Å². The molecule has 2 rings (SSSR count). The molecule has 0 amide bonds. The van der Waals surface area contributed by atoms with Crippen molar-refractivity contribution >= 4 is 5.69 Å². The average Bonchev–Trinajstić information content (AvgIpc) is 2.45. The maximum absolute atomic E-state index is 13.4. The molecule has 1 aromatic heterocycles. The average molecular weight is 252 g/mol. The van der Waals surface area contributed by atoms with Gasteiger partial charge in [0.2, 0.25) is 0 Å². The van der Waals surface area contributed by atoms with Crippen molar-refractivity contribution < 1.29 is 4.39 Å². The highest BCUT2D eigenvalue weighted by Crippen LogP contribution is 2.18. The van der Waals surface area contributed by atoms with Gasteiger partial charge >= 0.3 is 0 Å². The van der Waals surface area contributed by atoms with Crippen LogP contribution in [-0.2, 0) is 6.54 Å². The monoisotopic (exact) mass is 252 g/mol. The lowest BCUT2D eigenvalue weighted by Gasteiger charge is -2.09. The van der Waals surface area contributed by atoms with Crippen molar-refractivity contribution in [3.63, 3.8) is 0 Å². The maximum Gasteiger partial charge on any atom is 0.145 e. The molecule has 4 nitrogen and oxygen atoms in total. The Morgan fingerprint density at radius 2 is 2.00 bits per heavy atom. The van der Waals surface area contributed by atoms with Gasteiger partial charge in [0.15, 0.2) is 0 Å². The SMILES string of the molecule is N#Cc1ncccc1CNc1cccc(F)c1C#N. The Balaban J connectivity index is 2.23. The molecule has 0 fully saturated rings. The number of nitrogens with one attached hydrogen (secondary N) is 1. The first-order valence-electron chi connectivity index (χ1n) is 5.52. The molecule has 0 unspecified atom stereocenters. The number of anilines is 1. The van der Waals surface area contributed by atoms with Crippen molar-refractivity contribution in [3.05, 3.63) is 59.2 Å². The summed E-state index contributed by atoms with van der Waals surface area (Å²) < 4.78 is 13.4. The lowest BCUT2D eigenvalue weighted by molar-refractivity contribution is 0.624. The molecule has 0 radical (unpaired) electrons. The predicted molar refractivity (Wildman–Crippen MR) is 67.4 cm³/mol. The zero-order chi connectivity index (χ0) is 13.7. The van der Waals surface area contributed by atoms with Crippen LogP contribution >= 0.6 is 0 Å². The fourth-order valence-electron chi connectivity index (χ4n) is 1.66. The third kappa shape index (κ3) is 2.67. The molecule has 0 bridgehead atoms. The summed E-state index contributed by atoms with van der Waals surface area (Å²) >= 11 is 0. The van der Waals surface area contributed by atoms with Crippen LogP contribution in [0.15, 0.2) is 36.5 Å². The van der Waals surface area contributed by atoms with Crippen LogP contribution in [-0.4, -0.2) is 4.98 Å². The fraction of sp³-hybridized carbons (Fsp3) is 0.0714. The van der Waals surface area contributed by atoms with Gasteiger partial charge in [0, 0.05) is 18.3 Å². The summed E-state index contributed by atoms with van der Waals surface area (Å²) in [4.78, 5) is 3.93. The summed E-state index contributed by atoms with van der Waals surface area (Å²) in [7, 11) is 0. The second-order valence-corrected chi connectivity index (χ2v) is 3.75. The smallest absolute Gasteiger partial charge is 0.145 e. The Morgan fingerprint density at radius 1 is 1.16 bits per heavy atom. The van der Waals surface area contributed by atoms with E-state index in [0.29, 0.717) is 23.5 Å². The number of aromatic nitrogens is 1. The summed E-state index contributed by atoms with van der Waals surface area (Å²) in [5, 5.41) is 20.8. The molecule has 0 atom stereocenters. The van der Waals surface area contributed by atoms with Crippen LogP contribution in [0.3, 0.4) is 0 Å². The minimum Gasteiger partial charge on any atom is -0.380 e. The summed E-state index contributed by atoms with van der Waals surface area (Å²) in [6.45, 7) is 0.300. The van der Waals surface area contributed by atoms with E-state index < -0.39 is 5.82 Å². The van der Waals surface area contributed by atoms with Crippen LogP contribution in [0, 0.1) is 28.5 Å². The molecule has 0 aliphatic carbocycles. The van der Waals surface area contributed by atoms with Crippen molar-refractivity contribution in [1.29, 1.82) is 10.5 Å². The summed E-state index contributed by atoms with van der Waals surface area (Å²) in [5.41, 5.74) is 1.36. The van der Waals surface area contributed by atoms with E-state index in [1.165, 1.54) is 18.3 Å². The molecular weight excluding hydrogens is 243 g/mol. The normalized spacial score (nSPS) is 9.42. The molecule has 0 saturated heterocycles. The van der Waals surface area contributed by atoms with Crippen molar-refractivity contribution in [1.82, 2.24) is 4.98 Å². The number of rotatable bonds is 3. The highest BCUT2D eigenvalue weighted by molar-refractivity contribution is 5.58. The molecule has 0 aliphatic rings. The van der Waals surface area contributed by atoms with Gasteiger partial charge in [-0.05, 0) is 18.2 Å². The van der Waals surface area contributed by atoms with Crippen LogP contribution < -0.4 is 5.32 Å². The van der Waals surface area contributed by atoms with Gasteiger partial charge < -0.3 is 5.32 Å². The predicted octanol–water partition coefficient (Wildman–Crippen LogP) is 2.58. The number of halogens is 1. The summed E-state index contributed by atoms with van der Waals surface area (Å²) in [6.07, 6.45) is 1.53. The number of nitriles is 2. The van der Waals surface area contributed by atoms with E-state index in [9.17, 15) is 4.39 Å². The molecule has 1 aromatic carbocycles. The van der Waals surface area contributed by atoms with Crippen LogP contribution in [0.4, 0.5) is 10.1 Å². The Morgan fingerprint density at radius 3 is 2.74 bits per heavy atom. The van der Waals surface area contributed by atoms with Gasteiger partial charge in [-0.25, -0.2) is 9.37 Å². The Bertz CT molecular complexity index is 683. The van der Waals surface area contributed by atoms with E-state index in [0.717, 1.165) is 0 Å². The van der Waals surface area contributed by atoms with E-state index in [1.54, 1.807) is 18.2 Å². The maximum atomic E-state index is 13.4. The highest BCUT2D eigenvalue weighted by Gasteiger charge is 2.08. The van der Waals surface area contributed by atoms with Gasteiger partial charge in [0.1, 0.15) is 29.2 Å². The Hall–Kier alpha value is -2.92. The molecule has 1 N–H and O–H groups in total. The van der Waals surface area contributed by atoms with Gasteiger partial charge in [-0.15, -0.1) is 0 Å². The molecule has 2 aromatic rings. The molecule has 19 heavy (non-hydrogen) atoms. The van der Waals surface area contributed by atoms with E-state index >= 15 is 0 Å². The van der Waals surface area contributed by atoms with Crippen LogP contribution in [0.1, 0.15) is 16.8 Å². The zero-order valence-electron chi connectivity index (χ0n) is 9.89.